The number of rotatable bonds is 6. The van der Waals surface area contributed by atoms with Gasteiger partial charge in [0.2, 0.25) is 15.9 Å². The van der Waals surface area contributed by atoms with Gasteiger partial charge in [0.05, 0.1) is 11.3 Å². The summed E-state index contributed by atoms with van der Waals surface area (Å²) in [5.74, 6) is 0.205. The lowest BCUT2D eigenvalue weighted by molar-refractivity contribution is -0.129. The van der Waals surface area contributed by atoms with Crippen molar-refractivity contribution in [3.05, 3.63) is 41.5 Å². The second kappa shape index (κ2) is 9.23. The molecule has 0 spiro atoms. The molecule has 0 atom stereocenters. The van der Waals surface area contributed by atoms with Crippen molar-refractivity contribution in [2.75, 3.05) is 31.9 Å². The fraction of sp³-hybridized carbons (Fsp3) is 0.400. The monoisotopic (exact) mass is 494 g/mol. The molecule has 0 saturated carbocycles. The van der Waals surface area contributed by atoms with Gasteiger partial charge in [-0.1, -0.05) is 29.1 Å². The van der Waals surface area contributed by atoms with E-state index in [1.165, 1.54) is 22.1 Å². The molecule has 1 aliphatic heterocycles. The molecule has 0 bridgehead atoms. The first kappa shape index (κ1) is 23.4. The fourth-order valence-corrected chi connectivity index (χ4v) is 6.21. The quantitative estimate of drug-likeness (QED) is 0.477. The molecular weight excluding hydrogens is 471 g/mol. The van der Waals surface area contributed by atoms with E-state index in [-0.39, 0.29) is 48.5 Å². The second-order valence-electron chi connectivity index (χ2n) is 7.57. The van der Waals surface area contributed by atoms with Crippen molar-refractivity contribution in [2.24, 2.45) is 7.05 Å². The Balaban J connectivity index is 1.36. The number of aromatic nitrogens is 4. The maximum Gasteiger partial charge on any atom is 0.248 e. The van der Waals surface area contributed by atoms with Crippen LogP contribution >= 0.6 is 11.8 Å². The van der Waals surface area contributed by atoms with Crippen LogP contribution in [0.4, 0.5) is 4.39 Å². The summed E-state index contributed by atoms with van der Waals surface area (Å²) < 4.78 is 47.9. The average Bonchev–Trinajstić information content (AvgIpc) is 3.34. The van der Waals surface area contributed by atoms with Crippen molar-refractivity contribution < 1.29 is 22.1 Å². The lowest BCUT2D eigenvalue weighted by atomic mass is 10.2. The molecule has 1 aromatic carbocycles. The maximum absolute atomic E-state index is 14.1. The van der Waals surface area contributed by atoms with Gasteiger partial charge >= 0.3 is 0 Å². The summed E-state index contributed by atoms with van der Waals surface area (Å²) in [5, 5.41) is 12.3. The lowest BCUT2D eigenvalue weighted by Crippen LogP contribution is -2.51. The fourth-order valence-electron chi connectivity index (χ4n) is 3.69. The summed E-state index contributed by atoms with van der Waals surface area (Å²) >= 11 is 1.20. The van der Waals surface area contributed by atoms with Crippen LogP contribution in [-0.4, -0.2) is 75.4 Å². The van der Waals surface area contributed by atoms with Crippen LogP contribution in [0.3, 0.4) is 0 Å². The molecular formula is C20H23FN6O4S2. The molecule has 33 heavy (non-hydrogen) atoms. The highest BCUT2D eigenvalue weighted by Gasteiger charge is 2.34. The van der Waals surface area contributed by atoms with Crippen LogP contribution in [0.15, 0.2) is 38.8 Å². The Hall–Kier alpha value is -2.77. The number of hydrogen-bond donors (Lipinski definition) is 0. The van der Waals surface area contributed by atoms with E-state index in [1.54, 1.807) is 48.6 Å². The van der Waals surface area contributed by atoms with Gasteiger partial charge in [-0.05, 0) is 26.0 Å². The molecule has 1 aliphatic rings. The van der Waals surface area contributed by atoms with Gasteiger partial charge in [-0.25, -0.2) is 12.8 Å². The van der Waals surface area contributed by atoms with E-state index in [2.05, 4.69) is 15.4 Å². The lowest BCUT2D eigenvalue weighted by Gasteiger charge is -2.33. The predicted molar refractivity (Wildman–Crippen MR) is 118 cm³/mol. The zero-order chi connectivity index (χ0) is 23.8. The Bertz CT molecular complexity index is 1260. The number of amides is 1. The van der Waals surface area contributed by atoms with E-state index in [9.17, 15) is 17.6 Å². The molecule has 4 rings (SSSR count). The third-order valence-corrected chi connectivity index (χ3v) is 8.58. The molecule has 10 nitrogen and oxygen atoms in total. The van der Waals surface area contributed by atoms with E-state index in [0.29, 0.717) is 22.2 Å². The van der Waals surface area contributed by atoms with Crippen molar-refractivity contribution in [1.29, 1.82) is 0 Å². The van der Waals surface area contributed by atoms with Gasteiger partial charge < -0.3 is 14.0 Å². The van der Waals surface area contributed by atoms with E-state index < -0.39 is 15.8 Å². The zero-order valence-electron chi connectivity index (χ0n) is 18.4. The first-order valence-corrected chi connectivity index (χ1v) is 12.6. The highest BCUT2D eigenvalue weighted by molar-refractivity contribution is 7.99. The number of hydrogen-bond acceptors (Lipinski definition) is 8. The normalized spacial score (nSPS) is 15.2. The highest BCUT2D eigenvalue weighted by atomic mass is 32.2. The Kier molecular flexibility index (Phi) is 6.54. The molecule has 3 aromatic rings. The first-order chi connectivity index (χ1) is 15.7. The number of thioether (sulfide) groups is 1. The molecule has 176 valence electrons. The maximum atomic E-state index is 14.1. The molecule has 1 fully saturated rings. The summed E-state index contributed by atoms with van der Waals surface area (Å²) in [5.41, 5.74) is 0.655. The van der Waals surface area contributed by atoms with Crippen molar-refractivity contribution >= 4 is 27.7 Å². The van der Waals surface area contributed by atoms with E-state index in [0.717, 1.165) is 0 Å². The molecule has 1 amide bonds. The zero-order valence-corrected chi connectivity index (χ0v) is 20.0. The minimum atomic E-state index is -3.74. The topological polar surface area (TPSA) is 114 Å². The van der Waals surface area contributed by atoms with Crippen molar-refractivity contribution in [1.82, 2.24) is 29.1 Å². The van der Waals surface area contributed by atoms with Gasteiger partial charge in [0.15, 0.2) is 16.7 Å². The minimum Gasteiger partial charge on any atom is -0.360 e. The third-order valence-electron chi connectivity index (χ3n) is 5.43. The van der Waals surface area contributed by atoms with Crippen molar-refractivity contribution in [3.8, 4) is 11.4 Å². The van der Waals surface area contributed by atoms with E-state index in [1.807, 2.05) is 0 Å². The second-order valence-corrected chi connectivity index (χ2v) is 10.4. The number of aryl methyl sites for hydroxylation is 2. The van der Waals surface area contributed by atoms with Crippen LogP contribution < -0.4 is 0 Å². The molecule has 13 heteroatoms. The van der Waals surface area contributed by atoms with Gasteiger partial charge in [-0.2, -0.15) is 4.31 Å². The molecule has 0 radical (unpaired) electrons. The molecule has 0 unspecified atom stereocenters. The Morgan fingerprint density at radius 2 is 1.85 bits per heavy atom. The molecule has 0 aliphatic carbocycles. The summed E-state index contributed by atoms with van der Waals surface area (Å²) in [6.07, 6.45) is 0. The average molecular weight is 495 g/mol. The Morgan fingerprint density at radius 3 is 2.48 bits per heavy atom. The van der Waals surface area contributed by atoms with Crippen molar-refractivity contribution in [2.45, 2.75) is 23.9 Å². The first-order valence-electron chi connectivity index (χ1n) is 10.2. The number of carbonyl (C=O) groups excluding carboxylic acids is 1. The third kappa shape index (κ3) is 4.52. The number of carbonyl (C=O) groups is 1. The molecule has 2 aromatic heterocycles. The van der Waals surface area contributed by atoms with Gasteiger partial charge in [0.25, 0.3) is 0 Å². The van der Waals surface area contributed by atoms with E-state index >= 15 is 0 Å². The Labute approximate surface area is 194 Å². The van der Waals surface area contributed by atoms with Crippen LogP contribution in [0.5, 0.6) is 0 Å². The van der Waals surface area contributed by atoms with Crippen LogP contribution in [0.2, 0.25) is 0 Å². The van der Waals surface area contributed by atoms with Crippen LogP contribution in [0, 0.1) is 19.7 Å². The number of nitrogens with zero attached hydrogens (tertiary/aromatic N) is 6. The summed E-state index contributed by atoms with van der Waals surface area (Å²) in [7, 11) is -2.02. The van der Waals surface area contributed by atoms with Gasteiger partial charge in [-0.15, -0.1) is 10.2 Å². The Morgan fingerprint density at radius 1 is 1.15 bits per heavy atom. The number of halogens is 1. The summed E-state index contributed by atoms with van der Waals surface area (Å²) in [6, 6.07) is 6.29. The molecule has 1 saturated heterocycles. The van der Waals surface area contributed by atoms with E-state index in [4.69, 9.17) is 4.52 Å². The molecule has 3 heterocycles. The summed E-state index contributed by atoms with van der Waals surface area (Å²) in [4.78, 5) is 14.4. The minimum absolute atomic E-state index is 0.0887. The van der Waals surface area contributed by atoms with Gasteiger partial charge in [-0.3, -0.25) is 4.79 Å². The largest absolute Gasteiger partial charge is 0.360 e. The number of piperazine rings is 1. The van der Waals surface area contributed by atoms with Gasteiger partial charge in [0.1, 0.15) is 16.4 Å². The van der Waals surface area contributed by atoms with Crippen LogP contribution in [-0.2, 0) is 21.9 Å². The summed E-state index contributed by atoms with van der Waals surface area (Å²) in [6.45, 7) is 4.08. The number of benzene rings is 1. The van der Waals surface area contributed by atoms with Gasteiger partial charge in [0, 0.05) is 33.2 Å². The molecule has 0 N–H and O–H groups in total. The van der Waals surface area contributed by atoms with Crippen LogP contribution in [0.1, 0.15) is 11.5 Å². The predicted octanol–water partition coefficient (Wildman–Crippen LogP) is 1.85. The smallest absolute Gasteiger partial charge is 0.248 e. The highest BCUT2D eigenvalue weighted by Crippen LogP contribution is 2.26. The van der Waals surface area contributed by atoms with Crippen LogP contribution in [0.25, 0.3) is 11.4 Å². The standard InChI is InChI=1S/C20H23FN6O4S2/c1-13-18(14(2)31-24-13)33(29,30)27-10-8-26(9-11-27)17(28)12-32-20-23-22-19(25(20)3)15-6-4-5-7-16(15)21/h4-7H,8-12H2,1-3H3. The number of sulfonamides is 1. The SMILES string of the molecule is Cc1noc(C)c1S(=O)(=O)N1CCN(C(=O)CSc2nnc(-c3ccccc3F)n2C)CC1. The van der Waals surface area contributed by atoms with Crippen molar-refractivity contribution in [3.63, 3.8) is 0 Å².